The Morgan fingerprint density at radius 2 is 2.11 bits per heavy atom. The second-order valence-electron chi connectivity index (χ2n) is 3.59. The van der Waals surface area contributed by atoms with Gasteiger partial charge < -0.3 is 14.3 Å². The molecule has 2 aromatic rings. The average Bonchev–Trinajstić information content (AvgIpc) is 2.87. The van der Waals surface area contributed by atoms with Gasteiger partial charge in [-0.2, -0.15) is 0 Å². The van der Waals surface area contributed by atoms with E-state index in [0.29, 0.717) is 16.9 Å². The highest BCUT2D eigenvalue weighted by molar-refractivity contribution is 7.99. The molecule has 1 aromatic heterocycles. The molecule has 1 N–H and O–H groups in total. The zero-order chi connectivity index (χ0) is 13.7. The maximum atomic E-state index is 10.4. The van der Waals surface area contributed by atoms with Gasteiger partial charge >= 0.3 is 5.97 Å². The SMILES string of the molecule is COc1ccc(-c2nnc(SCCC(=O)O)o2)cc1. The van der Waals surface area contributed by atoms with Crippen molar-refractivity contribution >= 4 is 17.7 Å². The van der Waals surface area contributed by atoms with Crippen LogP contribution in [0.1, 0.15) is 6.42 Å². The Balaban J connectivity index is 2.01. The maximum absolute atomic E-state index is 10.4. The summed E-state index contributed by atoms with van der Waals surface area (Å²) in [6.45, 7) is 0. The van der Waals surface area contributed by atoms with Crippen molar-refractivity contribution in [3.05, 3.63) is 24.3 Å². The number of rotatable bonds is 6. The van der Waals surface area contributed by atoms with Gasteiger partial charge in [0.25, 0.3) is 5.22 Å². The van der Waals surface area contributed by atoms with Crippen molar-refractivity contribution in [2.75, 3.05) is 12.9 Å². The Morgan fingerprint density at radius 3 is 2.74 bits per heavy atom. The highest BCUT2D eigenvalue weighted by atomic mass is 32.2. The molecule has 0 spiro atoms. The standard InChI is InChI=1S/C12H12N2O4S/c1-17-9-4-2-8(3-5-9)11-13-14-12(18-11)19-7-6-10(15)16/h2-5H,6-7H2,1H3,(H,15,16). The third-order valence-electron chi connectivity index (χ3n) is 2.28. The molecule has 0 aliphatic rings. The van der Waals surface area contributed by atoms with E-state index in [1.165, 1.54) is 11.8 Å². The van der Waals surface area contributed by atoms with Gasteiger partial charge in [-0.15, -0.1) is 10.2 Å². The van der Waals surface area contributed by atoms with Crippen LogP contribution in [-0.2, 0) is 4.79 Å². The molecule has 0 atom stereocenters. The molecule has 0 unspecified atom stereocenters. The predicted molar refractivity (Wildman–Crippen MR) is 69.3 cm³/mol. The van der Waals surface area contributed by atoms with Crippen LogP contribution in [-0.4, -0.2) is 34.1 Å². The summed E-state index contributed by atoms with van der Waals surface area (Å²) in [4.78, 5) is 10.4. The first-order valence-corrected chi connectivity index (χ1v) is 6.50. The second kappa shape index (κ2) is 6.24. The van der Waals surface area contributed by atoms with E-state index in [1.807, 2.05) is 12.1 Å². The molecule has 0 saturated carbocycles. The summed E-state index contributed by atoms with van der Waals surface area (Å²) >= 11 is 1.23. The largest absolute Gasteiger partial charge is 0.497 e. The number of benzene rings is 1. The van der Waals surface area contributed by atoms with Gasteiger partial charge in [0.2, 0.25) is 5.89 Å². The Morgan fingerprint density at radius 1 is 1.37 bits per heavy atom. The van der Waals surface area contributed by atoms with Gasteiger partial charge in [0.15, 0.2) is 0 Å². The third kappa shape index (κ3) is 3.72. The van der Waals surface area contributed by atoms with Gasteiger partial charge in [-0.25, -0.2) is 0 Å². The van der Waals surface area contributed by atoms with E-state index >= 15 is 0 Å². The number of carboxylic acids is 1. The number of carbonyl (C=O) groups is 1. The quantitative estimate of drug-likeness (QED) is 0.812. The van der Waals surface area contributed by atoms with Crippen molar-refractivity contribution in [1.29, 1.82) is 0 Å². The van der Waals surface area contributed by atoms with E-state index in [-0.39, 0.29) is 6.42 Å². The van der Waals surface area contributed by atoms with Crippen LogP contribution in [0.15, 0.2) is 33.9 Å². The van der Waals surface area contributed by atoms with Crippen LogP contribution < -0.4 is 4.74 Å². The van der Waals surface area contributed by atoms with Crippen molar-refractivity contribution in [3.63, 3.8) is 0 Å². The lowest BCUT2D eigenvalue weighted by Gasteiger charge is -1.99. The number of ether oxygens (including phenoxy) is 1. The molecule has 0 fully saturated rings. The molecule has 19 heavy (non-hydrogen) atoms. The Bertz CT molecular complexity index is 553. The molecule has 0 radical (unpaired) electrons. The molecule has 100 valence electrons. The van der Waals surface area contributed by atoms with Gasteiger partial charge in [-0.05, 0) is 24.3 Å². The number of methoxy groups -OCH3 is 1. The number of hydrogen-bond acceptors (Lipinski definition) is 6. The van der Waals surface area contributed by atoms with E-state index in [2.05, 4.69) is 10.2 Å². The number of aromatic nitrogens is 2. The number of aliphatic carboxylic acids is 1. The Labute approximate surface area is 113 Å². The monoisotopic (exact) mass is 280 g/mol. The summed E-state index contributed by atoms with van der Waals surface area (Å²) in [6.07, 6.45) is 0.0604. The maximum Gasteiger partial charge on any atom is 0.304 e. The van der Waals surface area contributed by atoms with Crippen molar-refractivity contribution < 1.29 is 19.1 Å². The fourth-order valence-electron chi connectivity index (χ4n) is 1.34. The second-order valence-corrected chi connectivity index (χ2v) is 4.64. The Kier molecular flexibility index (Phi) is 4.40. The molecule has 0 amide bonds. The van der Waals surface area contributed by atoms with Gasteiger partial charge in [0.05, 0.1) is 13.5 Å². The first-order chi connectivity index (χ1) is 9.19. The molecule has 0 bridgehead atoms. The van der Waals surface area contributed by atoms with Crippen molar-refractivity contribution in [2.45, 2.75) is 11.6 Å². The highest BCUT2D eigenvalue weighted by Gasteiger charge is 2.09. The van der Waals surface area contributed by atoms with Crippen molar-refractivity contribution in [3.8, 4) is 17.2 Å². The van der Waals surface area contributed by atoms with Gasteiger partial charge in [-0.3, -0.25) is 4.79 Å². The molecule has 0 aliphatic heterocycles. The van der Waals surface area contributed by atoms with E-state index in [9.17, 15) is 4.79 Å². The molecule has 1 aromatic carbocycles. The summed E-state index contributed by atoms with van der Waals surface area (Å²) in [5, 5.41) is 16.7. The summed E-state index contributed by atoms with van der Waals surface area (Å²) in [5.41, 5.74) is 0.790. The smallest absolute Gasteiger partial charge is 0.304 e. The van der Waals surface area contributed by atoms with Crippen LogP contribution in [0.4, 0.5) is 0 Å². The molecule has 2 rings (SSSR count). The lowest BCUT2D eigenvalue weighted by Crippen LogP contribution is -1.95. The lowest BCUT2D eigenvalue weighted by molar-refractivity contribution is -0.136. The summed E-state index contributed by atoms with van der Waals surface area (Å²) in [6, 6.07) is 7.24. The van der Waals surface area contributed by atoms with Crippen molar-refractivity contribution in [1.82, 2.24) is 10.2 Å². The van der Waals surface area contributed by atoms with Crippen LogP contribution >= 0.6 is 11.8 Å². The minimum Gasteiger partial charge on any atom is -0.497 e. The number of hydrogen-bond donors (Lipinski definition) is 1. The van der Waals surface area contributed by atoms with Gasteiger partial charge in [0, 0.05) is 11.3 Å². The van der Waals surface area contributed by atoms with Gasteiger partial charge in [0.1, 0.15) is 5.75 Å². The number of carboxylic acid groups (broad SMARTS) is 1. The van der Waals surface area contributed by atoms with E-state index in [1.54, 1.807) is 19.2 Å². The molecule has 0 aliphatic carbocycles. The average molecular weight is 280 g/mol. The first-order valence-electron chi connectivity index (χ1n) is 5.51. The van der Waals surface area contributed by atoms with Gasteiger partial charge in [-0.1, -0.05) is 11.8 Å². The van der Waals surface area contributed by atoms with Crippen LogP contribution in [0.3, 0.4) is 0 Å². The molecular weight excluding hydrogens is 268 g/mol. The van der Waals surface area contributed by atoms with E-state index in [0.717, 1.165) is 11.3 Å². The summed E-state index contributed by atoms with van der Waals surface area (Å²) in [7, 11) is 1.60. The zero-order valence-electron chi connectivity index (χ0n) is 10.2. The fraction of sp³-hybridized carbons (Fsp3) is 0.250. The number of thioether (sulfide) groups is 1. The van der Waals surface area contributed by atoms with Crippen molar-refractivity contribution in [2.24, 2.45) is 0 Å². The van der Waals surface area contributed by atoms with E-state index in [4.69, 9.17) is 14.3 Å². The highest BCUT2D eigenvalue weighted by Crippen LogP contribution is 2.24. The molecule has 0 saturated heterocycles. The predicted octanol–water partition coefficient (Wildman–Crippen LogP) is 2.31. The summed E-state index contributed by atoms with van der Waals surface area (Å²) < 4.78 is 10.5. The van der Waals surface area contributed by atoms with Crippen LogP contribution in [0, 0.1) is 0 Å². The number of nitrogens with zero attached hydrogens (tertiary/aromatic N) is 2. The van der Waals surface area contributed by atoms with Crippen LogP contribution in [0.2, 0.25) is 0 Å². The fourth-order valence-corrected chi connectivity index (χ4v) is 2.03. The molecular formula is C12H12N2O4S. The molecule has 1 heterocycles. The van der Waals surface area contributed by atoms with Crippen LogP contribution in [0.5, 0.6) is 5.75 Å². The topological polar surface area (TPSA) is 85.5 Å². The van der Waals surface area contributed by atoms with E-state index < -0.39 is 5.97 Å². The minimum absolute atomic E-state index is 0.0604. The third-order valence-corrected chi connectivity index (χ3v) is 3.11. The summed E-state index contributed by atoms with van der Waals surface area (Å²) in [5.74, 6) is 0.710. The molecule has 7 heteroatoms. The minimum atomic E-state index is -0.845. The normalized spacial score (nSPS) is 10.4. The Hall–Kier alpha value is -2.02. The first kappa shape index (κ1) is 13.4. The lowest BCUT2D eigenvalue weighted by atomic mass is 10.2. The molecule has 6 nitrogen and oxygen atoms in total. The zero-order valence-corrected chi connectivity index (χ0v) is 11.0. The van der Waals surface area contributed by atoms with Crippen LogP contribution in [0.25, 0.3) is 11.5 Å².